The number of benzene rings is 4. The third-order valence-electron chi connectivity index (χ3n) is 6.82. The zero-order chi connectivity index (χ0) is 30.8. The van der Waals surface area contributed by atoms with Crippen LogP contribution in [0.5, 0.6) is 0 Å². The van der Waals surface area contributed by atoms with Crippen LogP contribution in [0.15, 0.2) is 114 Å². The molecule has 10 heteroatoms. The molecule has 0 radical (unpaired) electrons. The molecule has 4 aromatic carbocycles. The zero-order valence-corrected chi connectivity index (χ0v) is 26.0. The number of hydrogen-bond acceptors (Lipinski definition) is 4. The Morgan fingerprint density at radius 3 is 2.02 bits per heavy atom. The molecule has 2 amide bonds. The molecule has 0 aliphatic rings. The first-order valence-corrected chi connectivity index (χ1v) is 16.1. The largest absolute Gasteiger partial charge is 0.354 e. The van der Waals surface area contributed by atoms with Gasteiger partial charge in [0.25, 0.3) is 10.0 Å². The van der Waals surface area contributed by atoms with Crippen LogP contribution in [0.3, 0.4) is 0 Å². The van der Waals surface area contributed by atoms with Crippen LogP contribution in [0.4, 0.5) is 5.69 Å². The van der Waals surface area contributed by atoms with Crippen LogP contribution in [0.1, 0.15) is 24.5 Å². The summed E-state index contributed by atoms with van der Waals surface area (Å²) >= 11 is 12.6. The van der Waals surface area contributed by atoms with Crippen LogP contribution >= 0.6 is 23.2 Å². The van der Waals surface area contributed by atoms with E-state index in [2.05, 4.69) is 5.32 Å². The van der Waals surface area contributed by atoms with Gasteiger partial charge in [0.2, 0.25) is 11.8 Å². The van der Waals surface area contributed by atoms with Gasteiger partial charge < -0.3 is 10.2 Å². The lowest BCUT2D eigenvalue weighted by Crippen LogP contribution is -2.53. The number of amides is 2. The Morgan fingerprint density at radius 2 is 1.40 bits per heavy atom. The van der Waals surface area contributed by atoms with Gasteiger partial charge in [0.15, 0.2) is 0 Å². The summed E-state index contributed by atoms with van der Waals surface area (Å²) in [4.78, 5) is 29.5. The average Bonchev–Trinajstić information content (AvgIpc) is 3.02. The van der Waals surface area contributed by atoms with Gasteiger partial charge >= 0.3 is 0 Å². The molecule has 4 aromatic rings. The summed E-state index contributed by atoms with van der Waals surface area (Å²) in [5, 5.41) is 3.62. The summed E-state index contributed by atoms with van der Waals surface area (Å²) in [7, 11) is -4.22. The minimum atomic E-state index is -4.22. The van der Waals surface area contributed by atoms with Crippen molar-refractivity contribution in [3.05, 3.63) is 130 Å². The average molecular weight is 639 g/mol. The van der Waals surface area contributed by atoms with Gasteiger partial charge in [0.1, 0.15) is 12.6 Å². The molecule has 0 heterocycles. The summed E-state index contributed by atoms with van der Waals surface area (Å²) in [6, 6.07) is 29.7. The van der Waals surface area contributed by atoms with Crippen molar-refractivity contribution in [3.8, 4) is 0 Å². The minimum Gasteiger partial charge on any atom is -0.354 e. The van der Waals surface area contributed by atoms with Gasteiger partial charge in [-0.15, -0.1) is 0 Å². The van der Waals surface area contributed by atoms with Crippen LogP contribution in [0.25, 0.3) is 0 Å². The summed E-state index contributed by atoms with van der Waals surface area (Å²) in [6.45, 7) is 1.84. The van der Waals surface area contributed by atoms with Crippen LogP contribution in [-0.2, 0) is 32.6 Å². The first-order valence-electron chi connectivity index (χ1n) is 13.9. The van der Waals surface area contributed by atoms with E-state index in [9.17, 15) is 18.0 Å². The molecule has 224 valence electrons. The first kappa shape index (κ1) is 32.1. The molecule has 0 aliphatic heterocycles. The monoisotopic (exact) mass is 637 g/mol. The predicted molar refractivity (Wildman–Crippen MR) is 172 cm³/mol. The Kier molecular flexibility index (Phi) is 11.2. The van der Waals surface area contributed by atoms with E-state index in [0.29, 0.717) is 18.0 Å². The molecule has 0 fully saturated rings. The van der Waals surface area contributed by atoms with Crippen molar-refractivity contribution in [2.45, 2.75) is 37.2 Å². The normalized spacial score (nSPS) is 11.9. The zero-order valence-electron chi connectivity index (χ0n) is 23.7. The lowest BCUT2D eigenvalue weighted by Gasteiger charge is -2.34. The SMILES string of the molecule is CCCNC(=O)[C@@H](Cc1ccccc1)N(Cc1ccc(Cl)cc1)C(=O)CN(c1ccccc1Cl)S(=O)(=O)c1ccccc1. The van der Waals surface area contributed by atoms with E-state index < -0.39 is 28.5 Å². The molecule has 4 rings (SSSR count). The van der Waals surface area contributed by atoms with Crippen molar-refractivity contribution in [2.75, 3.05) is 17.4 Å². The smallest absolute Gasteiger partial charge is 0.264 e. The van der Waals surface area contributed by atoms with Gasteiger partial charge in [-0.05, 0) is 53.9 Å². The van der Waals surface area contributed by atoms with Gasteiger partial charge in [0, 0.05) is 24.5 Å². The van der Waals surface area contributed by atoms with Gasteiger partial charge in [-0.3, -0.25) is 13.9 Å². The third kappa shape index (κ3) is 8.38. The Hall–Kier alpha value is -3.85. The van der Waals surface area contributed by atoms with Crippen LogP contribution < -0.4 is 9.62 Å². The van der Waals surface area contributed by atoms with Crippen LogP contribution in [-0.4, -0.2) is 44.3 Å². The highest BCUT2D eigenvalue weighted by Gasteiger charge is 2.35. The number of halogens is 2. The fourth-order valence-corrected chi connectivity index (χ4v) is 6.46. The maximum Gasteiger partial charge on any atom is 0.264 e. The lowest BCUT2D eigenvalue weighted by molar-refractivity contribution is -0.140. The lowest BCUT2D eigenvalue weighted by atomic mass is 10.0. The molecule has 0 spiro atoms. The van der Waals surface area contributed by atoms with Crippen molar-refractivity contribution in [3.63, 3.8) is 0 Å². The number of rotatable bonds is 13. The molecule has 7 nitrogen and oxygen atoms in total. The van der Waals surface area contributed by atoms with Crippen LogP contribution in [0, 0.1) is 0 Å². The Bertz CT molecular complexity index is 1620. The molecular formula is C33H33Cl2N3O4S. The van der Waals surface area contributed by atoms with E-state index in [4.69, 9.17) is 23.2 Å². The topological polar surface area (TPSA) is 86.8 Å². The second-order valence-electron chi connectivity index (χ2n) is 9.92. The molecule has 0 aliphatic carbocycles. The Balaban J connectivity index is 1.79. The van der Waals surface area contributed by atoms with E-state index in [0.717, 1.165) is 15.4 Å². The molecular weight excluding hydrogens is 605 g/mol. The van der Waals surface area contributed by atoms with Gasteiger partial charge in [-0.25, -0.2) is 8.42 Å². The molecule has 0 bridgehead atoms. The molecule has 0 saturated carbocycles. The van der Waals surface area contributed by atoms with E-state index in [-0.39, 0.29) is 34.5 Å². The summed E-state index contributed by atoms with van der Waals surface area (Å²) in [5.74, 6) is -0.898. The molecule has 0 aromatic heterocycles. The summed E-state index contributed by atoms with van der Waals surface area (Å²) in [6.07, 6.45) is 0.942. The molecule has 43 heavy (non-hydrogen) atoms. The molecule has 0 unspecified atom stereocenters. The van der Waals surface area contributed by atoms with Crippen molar-refractivity contribution < 1.29 is 18.0 Å². The standard InChI is InChI=1S/C33H33Cl2N3O4S/c1-2-21-36-33(40)31(22-25-11-5-3-6-12-25)37(23-26-17-19-27(34)20-18-26)32(39)24-38(30-16-10-9-15-29(30)35)43(41,42)28-13-7-4-8-14-28/h3-20,31H,2,21-24H2,1H3,(H,36,40)/t31-/m1/s1. The number of hydrogen-bond donors (Lipinski definition) is 1. The summed E-state index contributed by atoms with van der Waals surface area (Å²) < 4.78 is 29.0. The fourth-order valence-electron chi connectivity index (χ4n) is 4.59. The highest BCUT2D eigenvalue weighted by molar-refractivity contribution is 7.92. The highest BCUT2D eigenvalue weighted by Crippen LogP contribution is 2.31. The fraction of sp³-hybridized carbons (Fsp3) is 0.212. The Labute approximate surface area is 263 Å². The second-order valence-corrected chi connectivity index (χ2v) is 12.6. The van der Waals surface area contributed by atoms with E-state index in [1.54, 1.807) is 66.7 Å². The van der Waals surface area contributed by atoms with Gasteiger partial charge in [-0.2, -0.15) is 0 Å². The van der Waals surface area contributed by atoms with E-state index >= 15 is 0 Å². The summed E-state index contributed by atoms with van der Waals surface area (Å²) in [5.41, 5.74) is 1.74. The van der Waals surface area contributed by atoms with Crippen molar-refractivity contribution in [1.29, 1.82) is 0 Å². The van der Waals surface area contributed by atoms with Crippen molar-refractivity contribution in [2.24, 2.45) is 0 Å². The number of nitrogens with zero attached hydrogens (tertiary/aromatic N) is 2. The molecule has 0 saturated heterocycles. The van der Waals surface area contributed by atoms with Gasteiger partial charge in [-0.1, -0.05) is 103 Å². The number of carbonyl (C=O) groups excluding carboxylic acids is 2. The van der Waals surface area contributed by atoms with Crippen LogP contribution in [0.2, 0.25) is 10.0 Å². The third-order valence-corrected chi connectivity index (χ3v) is 9.16. The van der Waals surface area contributed by atoms with Crippen molar-refractivity contribution >= 4 is 50.7 Å². The van der Waals surface area contributed by atoms with Gasteiger partial charge in [0.05, 0.1) is 15.6 Å². The maximum absolute atomic E-state index is 14.4. The maximum atomic E-state index is 14.4. The van der Waals surface area contributed by atoms with Crippen molar-refractivity contribution in [1.82, 2.24) is 10.2 Å². The number of sulfonamides is 1. The number of anilines is 1. The quantitative estimate of drug-likeness (QED) is 0.185. The van der Waals surface area contributed by atoms with E-state index in [1.807, 2.05) is 37.3 Å². The Morgan fingerprint density at radius 1 is 0.791 bits per heavy atom. The highest BCUT2D eigenvalue weighted by atomic mass is 35.5. The first-order chi connectivity index (χ1) is 20.7. The predicted octanol–water partition coefficient (Wildman–Crippen LogP) is 6.36. The number of para-hydroxylation sites is 1. The number of nitrogens with one attached hydrogen (secondary N) is 1. The van der Waals surface area contributed by atoms with E-state index in [1.165, 1.54) is 17.0 Å². The molecule has 1 atom stereocenters. The minimum absolute atomic E-state index is 0.00787. The molecule has 1 N–H and O–H groups in total. The second kappa shape index (κ2) is 15.0. The number of carbonyl (C=O) groups is 2.